The van der Waals surface area contributed by atoms with Gasteiger partial charge in [-0.25, -0.2) is 4.98 Å². The zero-order chi connectivity index (χ0) is 13.2. The highest BCUT2D eigenvalue weighted by molar-refractivity contribution is 5.87. The van der Waals surface area contributed by atoms with Gasteiger partial charge in [-0.1, -0.05) is 50.2 Å². The van der Waals surface area contributed by atoms with Gasteiger partial charge in [-0.15, -0.1) is 0 Å². The van der Waals surface area contributed by atoms with Crippen molar-refractivity contribution in [3.8, 4) is 11.1 Å². The third-order valence-electron chi connectivity index (χ3n) is 3.82. The van der Waals surface area contributed by atoms with Gasteiger partial charge >= 0.3 is 0 Å². The van der Waals surface area contributed by atoms with Gasteiger partial charge in [0.2, 0.25) is 0 Å². The quantitative estimate of drug-likeness (QED) is 0.714. The van der Waals surface area contributed by atoms with E-state index in [2.05, 4.69) is 66.3 Å². The molecule has 1 atom stereocenters. The molecule has 0 aliphatic carbocycles. The van der Waals surface area contributed by atoms with Crippen molar-refractivity contribution in [2.75, 3.05) is 0 Å². The molecule has 3 aromatic rings. The smallest absolute Gasteiger partial charge is 0.0932 e. The molecule has 2 aromatic carbocycles. The number of nitrogens with one attached hydrogen (secondary N) is 1. The normalized spacial score (nSPS) is 12.7. The Balaban J connectivity index is 2.29. The van der Waals surface area contributed by atoms with Crippen LogP contribution in [0.25, 0.3) is 22.2 Å². The molecule has 0 fully saturated rings. The van der Waals surface area contributed by atoms with Crippen molar-refractivity contribution in [3.05, 3.63) is 54.4 Å². The fourth-order valence-electron chi connectivity index (χ4n) is 2.60. The molecule has 3 rings (SSSR count). The summed E-state index contributed by atoms with van der Waals surface area (Å²) in [7, 11) is 0. The van der Waals surface area contributed by atoms with Gasteiger partial charge in [-0.2, -0.15) is 0 Å². The number of hydrogen-bond acceptors (Lipinski definition) is 1. The van der Waals surface area contributed by atoms with Crippen LogP contribution in [-0.2, 0) is 0 Å². The van der Waals surface area contributed by atoms with Crippen LogP contribution in [0.5, 0.6) is 0 Å². The summed E-state index contributed by atoms with van der Waals surface area (Å²) in [6, 6.07) is 14.9. The third kappa shape index (κ3) is 2.03. The second kappa shape index (κ2) is 4.88. The molecule has 0 aliphatic heterocycles. The number of hydrogen-bond donors (Lipinski definition) is 1. The van der Waals surface area contributed by atoms with E-state index in [0.717, 1.165) is 17.5 Å². The Kier molecular flexibility index (Phi) is 3.08. The molecule has 0 saturated carbocycles. The van der Waals surface area contributed by atoms with E-state index >= 15 is 0 Å². The molecule has 0 aliphatic rings. The molecule has 96 valence electrons. The highest BCUT2D eigenvalue weighted by Crippen LogP contribution is 2.35. The number of aromatic nitrogens is 2. The van der Waals surface area contributed by atoms with Crippen molar-refractivity contribution in [3.63, 3.8) is 0 Å². The van der Waals surface area contributed by atoms with Gasteiger partial charge in [0.1, 0.15) is 0 Å². The van der Waals surface area contributed by atoms with Crippen LogP contribution in [0.4, 0.5) is 0 Å². The van der Waals surface area contributed by atoms with E-state index in [1.807, 2.05) is 0 Å². The van der Waals surface area contributed by atoms with Crippen LogP contribution in [0.3, 0.4) is 0 Å². The number of imidazole rings is 1. The van der Waals surface area contributed by atoms with Crippen molar-refractivity contribution < 1.29 is 0 Å². The molecule has 1 unspecified atom stereocenters. The molecule has 1 heterocycles. The van der Waals surface area contributed by atoms with E-state index in [0.29, 0.717) is 5.92 Å². The van der Waals surface area contributed by atoms with Gasteiger partial charge in [0, 0.05) is 0 Å². The van der Waals surface area contributed by atoms with Gasteiger partial charge in [-0.3, -0.25) is 0 Å². The molecule has 2 nitrogen and oxygen atoms in total. The van der Waals surface area contributed by atoms with Crippen molar-refractivity contribution in [2.24, 2.45) is 0 Å². The van der Waals surface area contributed by atoms with Crippen LogP contribution in [-0.4, -0.2) is 9.97 Å². The Bertz CT molecular complexity index is 683. The molecule has 19 heavy (non-hydrogen) atoms. The predicted octanol–water partition coefficient (Wildman–Crippen LogP) is 4.74. The fraction of sp³-hybridized carbons (Fsp3) is 0.235. The van der Waals surface area contributed by atoms with Crippen molar-refractivity contribution in [1.82, 2.24) is 9.97 Å². The van der Waals surface area contributed by atoms with Crippen LogP contribution in [0.1, 0.15) is 31.7 Å². The zero-order valence-corrected chi connectivity index (χ0v) is 11.4. The van der Waals surface area contributed by atoms with Crippen LogP contribution in [0, 0.1) is 0 Å². The van der Waals surface area contributed by atoms with E-state index in [4.69, 9.17) is 0 Å². The highest BCUT2D eigenvalue weighted by Gasteiger charge is 2.15. The number of fused-ring (bicyclic) bond motifs is 1. The van der Waals surface area contributed by atoms with Gasteiger partial charge in [0.05, 0.1) is 17.4 Å². The first kappa shape index (κ1) is 12.0. The highest BCUT2D eigenvalue weighted by atomic mass is 14.9. The molecule has 0 spiro atoms. The molecule has 2 heteroatoms. The second-order valence-electron chi connectivity index (χ2n) is 5.00. The van der Waals surface area contributed by atoms with E-state index in [1.54, 1.807) is 6.33 Å². The second-order valence-corrected chi connectivity index (χ2v) is 5.00. The molecule has 0 saturated heterocycles. The standard InChI is InChI=1S/C17H18N2/c1-3-12(2)16-14(13-7-5-4-6-8-13)9-10-15-17(16)19-11-18-15/h4-12H,3H2,1-2H3,(H,18,19). The lowest BCUT2D eigenvalue weighted by Crippen LogP contribution is -1.97. The summed E-state index contributed by atoms with van der Waals surface area (Å²) in [5.74, 6) is 0.502. The van der Waals surface area contributed by atoms with E-state index in [1.165, 1.54) is 16.7 Å². The molecule has 0 bridgehead atoms. The van der Waals surface area contributed by atoms with Gasteiger partial charge in [0.25, 0.3) is 0 Å². The fourth-order valence-corrected chi connectivity index (χ4v) is 2.60. The average molecular weight is 250 g/mol. The topological polar surface area (TPSA) is 28.7 Å². The van der Waals surface area contributed by atoms with Crippen molar-refractivity contribution in [1.29, 1.82) is 0 Å². The summed E-state index contributed by atoms with van der Waals surface area (Å²) in [5.41, 5.74) is 6.15. The van der Waals surface area contributed by atoms with Crippen LogP contribution >= 0.6 is 0 Å². The lowest BCUT2D eigenvalue weighted by atomic mass is 9.89. The summed E-state index contributed by atoms with van der Waals surface area (Å²) in [6.07, 6.45) is 2.90. The molecule has 0 amide bonds. The molecular formula is C17H18N2. The van der Waals surface area contributed by atoms with E-state index in [9.17, 15) is 0 Å². The van der Waals surface area contributed by atoms with Crippen LogP contribution in [0.2, 0.25) is 0 Å². The Morgan fingerprint density at radius 2 is 1.89 bits per heavy atom. The summed E-state index contributed by atoms with van der Waals surface area (Å²) in [5, 5.41) is 0. The van der Waals surface area contributed by atoms with E-state index < -0.39 is 0 Å². The van der Waals surface area contributed by atoms with Crippen molar-refractivity contribution >= 4 is 11.0 Å². The Morgan fingerprint density at radius 1 is 1.11 bits per heavy atom. The zero-order valence-electron chi connectivity index (χ0n) is 11.4. The lowest BCUT2D eigenvalue weighted by molar-refractivity contribution is 0.740. The predicted molar refractivity (Wildman–Crippen MR) is 80.2 cm³/mol. The van der Waals surface area contributed by atoms with Crippen LogP contribution in [0.15, 0.2) is 48.8 Å². The molecular weight excluding hydrogens is 232 g/mol. The van der Waals surface area contributed by atoms with Gasteiger partial charge < -0.3 is 4.98 Å². The number of rotatable bonds is 3. The Labute approximate surface area is 113 Å². The first-order valence-electron chi connectivity index (χ1n) is 6.82. The maximum Gasteiger partial charge on any atom is 0.0932 e. The average Bonchev–Trinajstić information content (AvgIpc) is 2.94. The maximum atomic E-state index is 4.52. The Hall–Kier alpha value is -2.09. The summed E-state index contributed by atoms with van der Waals surface area (Å²) in [6.45, 7) is 4.50. The van der Waals surface area contributed by atoms with Gasteiger partial charge in [0.15, 0.2) is 0 Å². The van der Waals surface area contributed by atoms with E-state index in [-0.39, 0.29) is 0 Å². The summed E-state index contributed by atoms with van der Waals surface area (Å²) < 4.78 is 0. The minimum atomic E-state index is 0.502. The molecule has 1 aromatic heterocycles. The number of H-pyrrole nitrogens is 1. The number of benzene rings is 2. The first-order chi connectivity index (χ1) is 9.31. The monoisotopic (exact) mass is 250 g/mol. The maximum absolute atomic E-state index is 4.52. The third-order valence-corrected chi connectivity index (χ3v) is 3.82. The van der Waals surface area contributed by atoms with Gasteiger partial charge in [-0.05, 0) is 35.1 Å². The summed E-state index contributed by atoms with van der Waals surface area (Å²) in [4.78, 5) is 7.72. The number of nitrogens with zero attached hydrogens (tertiary/aromatic N) is 1. The largest absolute Gasteiger partial charge is 0.345 e. The molecule has 1 N–H and O–H groups in total. The first-order valence-corrected chi connectivity index (χ1v) is 6.82. The number of aromatic amines is 1. The SMILES string of the molecule is CCC(C)c1c(-c2ccccc2)ccc2[nH]cnc12. The summed E-state index contributed by atoms with van der Waals surface area (Å²) >= 11 is 0. The lowest BCUT2D eigenvalue weighted by Gasteiger charge is -2.16. The Morgan fingerprint density at radius 3 is 2.63 bits per heavy atom. The van der Waals surface area contributed by atoms with Crippen molar-refractivity contribution in [2.45, 2.75) is 26.2 Å². The minimum absolute atomic E-state index is 0.502. The van der Waals surface area contributed by atoms with Crippen LogP contribution < -0.4 is 0 Å². The molecule has 0 radical (unpaired) electrons. The minimum Gasteiger partial charge on any atom is -0.345 e.